The van der Waals surface area contributed by atoms with Crippen molar-refractivity contribution in [2.45, 2.75) is 32.2 Å². The zero-order valence-corrected chi connectivity index (χ0v) is 9.76. The van der Waals surface area contributed by atoms with Crippen LogP contribution in [-0.2, 0) is 12.8 Å². The molecule has 76 valence electrons. The molecule has 1 aromatic carbocycles. The Labute approximate surface area is 92.3 Å². The number of halogens is 1. The van der Waals surface area contributed by atoms with Crippen molar-refractivity contribution in [3.63, 3.8) is 0 Å². The number of hydrogen-bond donors (Lipinski definition) is 2. The van der Waals surface area contributed by atoms with E-state index in [0.717, 1.165) is 22.9 Å². The molecule has 0 radical (unpaired) electrons. The largest absolute Gasteiger partial charge is 0.506 e. The van der Waals surface area contributed by atoms with Crippen molar-refractivity contribution in [1.82, 2.24) is 0 Å². The molecule has 1 unspecified atom stereocenters. The van der Waals surface area contributed by atoms with Gasteiger partial charge >= 0.3 is 0 Å². The van der Waals surface area contributed by atoms with Crippen LogP contribution < -0.4 is 5.73 Å². The lowest BCUT2D eigenvalue weighted by Gasteiger charge is -2.13. The fourth-order valence-electron chi connectivity index (χ4n) is 2.05. The molecule has 0 aromatic heterocycles. The first-order chi connectivity index (χ1) is 6.61. The van der Waals surface area contributed by atoms with E-state index >= 15 is 0 Å². The standard InChI is InChI=1S/C11H14BrNO/c1-6(13)9-5-7-3-2-4-8(7)10(12)11(9)14/h5-6,14H,2-4,13H2,1H3. The molecule has 1 aromatic rings. The predicted octanol–water partition coefficient (Wildman–Crippen LogP) is 2.66. The van der Waals surface area contributed by atoms with E-state index in [2.05, 4.69) is 15.9 Å². The topological polar surface area (TPSA) is 46.2 Å². The van der Waals surface area contributed by atoms with Gasteiger partial charge in [-0.3, -0.25) is 0 Å². The third-order valence-corrected chi connectivity index (χ3v) is 3.68. The zero-order chi connectivity index (χ0) is 10.3. The highest BCUT2D eigenvalue weighted by atomic mass is 79.9. The second kappa shape index (κ2) is 3.55. The molecule has 0 heterocycles. The number of aromatic hydroxyl groups is 1. The molecular weight excluding hydrogens is 242 g/mol. The number of rotatable bonds is 1. The number of nitrogens with two attached hydrogens (primary N) is 1. The highest BCUT2D eigenvalue weighted by molar-refractivity contribution is 9.10. The van der Waals surface area contributed by atoms with Crippen LogP contribution in [0.2, 0.25) is 0 Å². The second-order valence-corrected chi connectivity index (χ2v) is 4.70. The van der Waals surface area contributed by atoms with E-state index in [9.17, 15) is 5.11 Å². The van der Waals surface area contributed by atoms with E-state index in [1.807, 2.05) is 13.0 Å². The van der Waals surface area contributed by atoms with Crippen molar-refractivity contribution >= 4 is 15.9 Å². The molecule has 3 heteroatoms. The molecule has 0 bridgehead atoms. The Bertz CT molecular complexity index is 374. The summed E-state index contributed by atoms with van der Waals surface area (Å²) in [4.78, 5) is 0. The smallest absolute Gasteiger partial charge is 0.134 e. The molecule has 1 aliphatic carbocycles. The van der Waals surface area contributed by atoms with Gasteiger partial charge in [0.05, 0.1) is 4.47 Å². The molecule has 0 saturated carbocycles. The normalized spacial score (nSPS) is 16.8. The summed E-state index contributed by atoms with van der Waals surface area (Å²) in [6, 6.07) is 1.93. The average molecular weight is 256 g/mol. The van der Waals surface area contributed by atoms with Gasteiger partial charge in [0.2, 0.25) is 0 Å². The van der Waals surface area contributed by atoms with Crippen LogP contribution in [0.5, 0.6) is 5.75 Å². The quantitative estimate of drug-likeness (QED) is 0.811. The van der Waals surface area contributed by atoms with E-state index in [1.165, 1.54) is 17.5 Å². The molecule has 1 atom stereocenters. The Balaban J connectivity index is 2.61. The maximum Gasteiger partial charge on any atom is 0.134 e. The summed E-state index contributed by atoms with van der Waals surface area (Å²) in [6.45, 7) is 1.89. The Morgan fingerprint density at radius 1 is 1.50 bits per heavy atom. The molecule has 0 fully saturated rings. The molecule has 2 rings (SSSR count). The van der Waals surface area contributed by atoms with E-state index in [1.54, 1.807) is 0 Å². The lowest BCUT2D eigenvalue weighted by molar-refractivity contribution is 0.459. The molecular formula is C11H14BrNO. The number of hydrogen-bond acceptors (Lipinski definition) is 2. The molecule has 3 N–H and O–H groups in total. The van der Waals surface area contributed by atoms with Crippen LogP contribution >= 0.6 is 15.9 Å². The predicted molar refractivity (Wildman–Crippen MR) is 60.4 cm³/mol. The van der Waals surface area contributed by atoms with Crippen LogP contribution in [0.4, 0.5) is 0 Å². The van der Waals surface area contributed by atoms with Crippen LogP contribution in [0.3, 0.4) is 0 Å². The first-order valence-corrected chi connectivity index (χ1v) is 5.69. The third-order valence-electron chi connectivity index (χ3n) is 2.83. The molecule has 2 nitrogen and oxygen atoms in total. The van der Waals surface area contributed by atoms with Crippen molar-refractivity contribution in [2.24, 2.45) is 5.73 Å². The third kappa shape index (κ3) is 1.44. The van der Waals surface area contributed by atoms with Gasteiger partial charge in [-0.25, -0.2) is 0 Å². The van der Waals surface area contributed by atoms with Gasteiger partial charge in [0.1, 0.15) is 5.75 Å². The minimum Gasteiger partial charge on any atom is -0.506 e. The number of phenols is 1. The minimum atomic E-state index is -0.114. The number of fused-ring (bicyclic) bond motifs is 1. The molecule has 0 amide bonds. The van der Waals surface area contributed by atoms with E-state index in [0.29, 0.717) is 5.75 Å². The van der Waals surface area contributed by atoms with Crippen molar-refractivity contribution < 1.29 is 5.11 Å². The van der Waals surface area contributed by atoms with Gasteiger partial charge in [0.15, 0.2) is 0 Å². The Morgan fingerprint density at radius 3 is 2.86 bits per heavy atom. The van der Waals surface area contributed by atoms with E-state index in [-0.39, 0.29) is 6.04 Å². The van der Waals surface area contributed by atoms with Crippen LogP contribution in [0.15, 0.2) is 10.5 Å². The Hall–Kier alpha value is -0.540. The van der Waals surface area contributed by atoms with Crippen LogP contribution in [0.1, 0.15) is 36.1 Å². The summed E-state index contributed by atoms with van der Waals surface area (Å²) in [5.74, 6) is 0.320. The summed E-state index contributed by atoms with van der Waals surface area (Å²) in [6.07, 6.45) is 3.34. The fraction of sp³-hybridized carbons (Fsp3) is 0.455. The summed E-state index contributed by atoms with van der Waals surface area (Å²) in [7, 11) is 0. The number of benzene rings is 1. The van der Waals surface area contributed by atoms with E-state index in [4.69, 9.17) is 5.73 Å². The lowest BCUT2D eigenvalue weighted by atomic mass is 10.0. The van der Waals surface area contributed by atoms with Crippen LogP contribution in [-0.4, -0.2) is 5.11 Å². The summed E-state index contributed by atoms with van der Waals surface area (Å²) >= 11 is 3.44. The Kier molecular flexibility index (Phi) is 2.54. The van der Waals surface area contributed by atoms with Crippen molar-refractivity contribution in [3.8, 4) is 5.75 Å². The second-order valence-electron chi connectivity index (χ2n) is 3.91. The zero-order valence-electron chi connectivity index (χ0n) is 8.18. The first kappa shape index (κ1) is 9.99. The van der Waals surface area contributed by atoms with Crippen molar-refractivity contribution in [1.29, 1.82) is 0 Å². The molecule has 0 saturated heterocycles. The average Bonchev–Trinajstić information content (AvgIpc) is 2.58. The van der Waals surface area contributed by atoms with Gasteiger partial charge in [-0.05, 0) is 53.2 Å². The first-order valence-electron chi connectivity index (χ1n) is 4.90. The summed E-state index contributed by atoms with van der Waals surface area (Å²) in [5.41, 5.74) is 9.23. The molecule has 1 aliphatic rings. The number of phenolic OH excluding ortho intramolecular Hbond substituents is 1. The monoisotopic (exact) mass is 255 g/mol. The van der Waals surface area contributed by atoms with Crippen molar-refractivity contribution in [3.05, 3.63) is 27.2 Å². The van der Waals surface area contributed by atoms with Gasteiger partial charge in [0.25, 0.3) is 0 Å². The maximum atomic E-state index is 9.91. The van der Waals surface area contributed by atoms with Gasteiger partial charge in [-0.1, -0.05) is 6.07 Å². The summed E-state index contributed by atoms with van der Waals surface area (Å²) < 4.78 is 0.847. The van der Waals surface area contributed by atoms with Gasteiger partial charge in [-0.2, -0.15) is 0 Å². The molecule has 0 spiro atoms. The van der Waals surface area contributed by atoms with Crippen LogP contribution in [0, 0.1) is 0 Å². The highest BCUT2D eigenvalue weighted by Gasteiger charge is 2.20. The van der Waals surface area contributed by atoms with Gasteiger partial charge < -0.3 is 10.8 Å². The Morgan fingerprint density at radius 2 is 2.21 bits per heavy atom. The van der Waals surface area contributed by atoms with Crippen LogP contribution in [0.25, 0.3) is 0 Å². The van der Waals surface area contributed by atoms with Crippen molar-refractivity contribution in [2.75, 3.05) is 0 Å². The number of aryl methyl sites for hydroxylation is 1. The SMILES string of the molecule is CC(N)c1cc2c(c(Br)c1O)CCC2. The van der Waals surface area contributed by atoms with Gasteiger partial charge in [0, 0.05) is 11.6 Å². The lowest BCUT2D eigenvalue weighted by Crippen LogP contribution is -2.06. The fourth-order valence-corrected chi connectivity index (χ4v) is 2.73. The van der Waals surface area contributed by atoms with E-state index < -0.39 is 0 Å². The molecule has 0 aliphatic heterocycles. The van der Waals surface area contributed by atoms with Gasteiger partial charge in [-0.15, -0.1) is 0 Å². The summed E-state index contributed by atoms with van der Waals surface area (Å²) in [5, 5.41) is 9.91. The maximum absolute atomic E-state index is 9.91. The highest BCUT2D eigenvalue weighted by Crippen LogP contribution is 2.39. The molecule has 14 heavy (non-hydrogen) atoms. The minimum absolute atomic E-state index is 0.114.